The van der Waals surface area contributed by atoms with Crippen LogP contribution in [-0.4, -0.2) is 28.1 Å². The van der Waals surface area contributed by atoms with E-state index in [4.69, 9.17) is 0 Å². The van der Waals surface area contributed by atoms with Gasteiger partial charge in [-0.05, 0) is 43.0 Å². The number of hydrogen-bond acceptors (Lipinski definition) is 7. The van der Waals surface area contributed by atoms with Gasteiger partial charge in [0.05, 0.1) is 15.1 Å². The Hall–Kier alpha value is -2.01. The largest absolute Gasteiger partial charge is 0.284 e. The van der Waals surface area contributed by atoms with E-state index in [1.54, 1.807) is 24.3 Å². The van der Waals surface area contributed by atoms with Gasteiger partial charge in [0.15, 0.2) is 0 Å². The van der Waals surface area contributed by atoms with Gasteiger partial charge >= 0.3 is 0 Å². The van der Waals surface area contributed by atoms with Crippen LogP contribution < -0.4 is 0 Å². The summed E-state index contributed by atoms with van der Waals surface area (Å²) in [6.45, 7) is 0. The van der Waals surface area contributed by atoms with E-state index in [-0.39, 0.29) is 16.1 Å². The Morgan fingerprint density at radius 3 is 2.48 bits per heavy atom. The molecule has 0 N–H and O–H groups in total. The smallest absolute Gasteiger partial charge is 0.258 e. The highest BCUT2D eigenvalue weighted by molar-refractivity contribution is 8.09. The molecule has 10 heteroatoms. The van der Waals surface area contributed by atoms with E-state index in [1.165, 1.54) is 9.78 Å². The predicted molar refractivity (Wildman–Crippen MR) is 114 cm³/mol. The fourth-order valence-corrected chi connectivity index (χ4v) is 7.95. The zero-order valence-corrected chi connectivity index (χ0v) is 17.9. The van der Waals surface area contributed by atoms with Crippen molar-refractivity contribution in [2.75, 3.05) is 0 Å². The van der Waals surface area contributed by atoms with Gasteiger partial charge in [0.1, 0.15) is 4.90 Å². The van der Waals surface area contributed by atoms with Crippen LogP contribution in [0.2, 0.25) is 0 Å². The summed E-state index contributed by atoms with van der Waals surface area (Å²) in [6.07, 6.45) is 4.42. The third-order valence-electron chi connectivity index (χ3n) is 4.85. The molecule has 0 unspecified atom stereocenters. The lowest BCUT2D eigenvalue weighted by molar-refractivity contribution is -0.387. The Morgan fingerprint density at radius 1 is 1.07 bits per heavy atom. The van der Waals surface area contributed by atoms with Gasteiger partial charge in [0.25, 0.3) is 15.7 Å². The maximum absolute atomic E-state index is 13.6. The topological polar surface area (TPSA) is 93.4 Å². The first-order valence-electron chi connectivity index (χ1n) is 9.28. The third-order valence-corrected chi connectivity index (χ3v) is 9.70. The molecule has 4 rings (SSSR count). The fraction of sp³-hybridized carbons (Fsp3) is 0.316. The minimum atomic E-state index is -3.92. The maximum Gasteiger partial charge on any atom is 0.284 e. The molecule has 2 aromatic carbocycles. The maximum atomic E-state index is 13.6. The molecule has 0 atom stereocenters. The second kappa shape index (κ2) is 8.39. The van der Waals surface area contributed by atoms with Crippen molar-refractivity contribution in [1.29, 1.82) is 0 Å². The number of para-hydroxylation sites is 2. The van der Waals surface area contributed by atoms with Crippen molar-refractivity contribution >= 4 is 49.2 Å². The number of thiazole rings is 1. The van der Waals surface area contributed by atoms with Gasteiger partial charge in [-0.1, -0.05) is 43.5 Å². The Bertz CT molecular complexity index is 1110. The van der Waals surface area contributed by atoms with Gasteiger partial charge in [-0.3, -0.25) is 10.1 Å². The molecular weight excluding hydrogens is 430 g/mol. The molecule has 0 bridgehead atoms. The number of nitro benzene ring substituents is 1. The molecule has 0 spiro atoms. The standard InChI is InChI=1S/C19H19N3O4S3/c23-21(24)16-11-5-7-13-18(16)28-22(14-8-2-1-3-9-14)29(25,26)19-20-15-10-4-6-12-17(15)27-19/h4-7,10-14H,1-3,8-9H2. The SMILES string of the molecule is O=[N+]([O-])c1ccccc1SN(C1CCCCC1)S(=O)(=O)c1nc2ccccc2s1. The van der Waals surface area contributed by atoms with Crippen LogP contribution >= 0.6 is 23.3 Å². The van der Waals surface area contributed by atoms with Crippen molar-refractivity contribution in [2.24, 2.45) is 0 Å². The molecule has 0 saturated heterocycles. The summed E-state index contributed by atoms with van der Waals surface area (Å²) >= 11 is 2.06. The number of rotatable bonds is 6. The monoisotopic (exact) mass is 449 g/mol. The summed E-state index contributed by atoms with van der Waals surface area (Å²) in [5.41, 5.74) is 0.535. The molecule has 1 saturated carbocycles. The molecule has 1 aliphatic rings. The van der Waals surface area contributed by atoms with Crippen LogP contribution in [-0.2, 0) is 10.0 Å². The Labute approximate surface area is 177 Å². The Balaban J connectivity index is 1.76. The van der Waals surface area contributed by atoms with E-state index >= 15 is 0 Å². The van der Waals surface area contributed by atoms with Crippen LogP contribution in [0.25, 0.3) is 10.2 Å². The van der Waals surface area contributed by atoms with E-state index in [2.05, 4.69) is 4.98 Å². The highest BCUT2D eigenvalue weighted by Gasteiger charge is 2.37. The quantitative estimate of drug-likeness (QED) is 0.290. The summed E-state index contributed by atoms with van der Waals surface area (Å²) in [7, 11) is -3.92. The van der Waals surface area contributed by atoms with Crippen LogP contribution in [0, 0.1) is 10.1 Å². The van der Waals surface area contributed by atoms with Crippen LogP contribution in [0.5, 0.6) is 0 Å². The molecule has 0 aliphatic heterocycles. The van der Waals surface area contributed by atoms with Crippen LogP contribution in [0.15, 0.2) is 57.8 Å². The van der Waals surface area contributed by atoms with Crippen LogP contribution in [0.1, 0.15) is 32.1 Å². The molecule has 7 nitrogen and oxygen atoms in total. The zero-order valence-electron chi connectivity index (χ0n) is 15.4. The number of fused-ring (bicyclic) bond motifs is 1. The first kappa shape index (κ1) is 20.3. The van der Waals surface area contributed by atoms with Gasteiger partial charge in [0.2, 0.25) is 4.34 Å². The number of benzene rings is 2. The first-order chi connectivity index (χ1) is 14.0. The molecule has 152 valence electrons. The van der Waals surface area contributed by atoms with Gasteiger partial charge in [0, 0.05) is 12.1 Å². The van der Waals surface area contributed by atoms with E-state index in [9.17, 15) is 18.5 Å². The number of sulfonamides is 1. The fourth-order valence-electron chi connectivity index (χ4n) is 3.43. The second-order valence-corrected chi connectivity index (χ2v) is 11.1. The number of hydrogen-bond donors (Lipinski definition) is 0. The lowest BCUT2D eigenvalue weighted by atomic mass is 9.96. The van der Waals surface area contributed by atoms with Crippen molar-refractivity contribution in [3.8, 4) is 0 Å². The Kier molecular flexibility index (Phi) is 5.86. The first-order valence-corrected chi connectivity index (χ1v) is 12.3. The van der Waals surface area contributed by atoms with E-state index in [0.29, 0.717) is 10.4 Å². The van der Waals surface area contributed by atoms with Crippen molar-refractivity contribution in [2.45, 2.75) is 47.4 Å². The average molecular weight is 450 g/mol. The molecule has 29 heavy (non-hydrogen) atoms. The lowest BCUT2D eigenvalue weighted by Crippen LogP contribution is -2.36. The van der Waals surface area contributed by atoms with Crippen molar-refractivity contribution in [3.05, 3.63) is 58.6 Å². The third kappa shape index (κ3) is 4.16. The van der Waals surface area contributed by atoms with Gasteiger partial charge in [-0.15, -0.1) is 15.0 Å². The number of nitrogens with zero attached hydrogens (tertiary/aromatic N) is 3. The van der Waals surface area contributed by atoms with Gasteiger partial charge in [-0.2, -0.15) is 0 Å². The van der Waals surface area contributed by atoms with Gasteiger partial charge in [-0.25, -0.2) is 13.4 Å². The number of aromatic nitrogens is 1. The lowest BCUT2D eigenvalue weighted by Gasteiger charge is -2.31. The zero-order chi connectivity index (χ0) is 20.4. The molecule has 0 amide bonds. The normalized spacial score (nSPS) is 15.8. The summed E-state index contributed by atoms with van der Waals surface area (Å²) in [5.74, 6) is 0. The van der Waals surface area contributed by atoms with E-state index in [0.717, 1.165) is 60.1 Å². The molecule has 1 aliphatic carbocycles. The summed E-state index contributed by atoms with van der Waals surface area (Å²) in [5, 5.41) is 11.4. The average Bonchev–Trinajstić information content (AvgIpc) is 3.18. The van der Waals surface area contributed by atoms with Crippen molar-refractivity contribution in [3.63, 3.8) is 0 Å². The molecule has 0 radical (unpaired) electrons. The molecule has 1 fully saturated rings. The number of nitro groups is 1. The summed E-state index contributed by atoms with van der Waals surface area (Å²) in [4.78, 5) is 15.6. The summed E-state index contributed by atoms with van der Waals surface area (Å²) in [6, 6.07) is 13.3. The molecule has 3 aromatic rings. The second-order valence-electron chi connectivity index (χ2n) is 6.82. The molecular formula is C19H19N3O4S3. The van der Waals surface area contributed by atoms with E-state index in [1.807, 2.05) is 18.2 Å². The highest BCUT2D eigenvalue weighted by Crippen LogP contribution is 2.41. The minimum Gasteiger partial charge on any atom is -0.258 e. The predicted octanol–water partition coefficient (Wildman–Crippen LogP) is 5.24. The van der Waals surface area contributed by atoms with Crippen molar-refractivity contribution < 1.29 is 13.3 Å². The highest BCUT2D eigenvalue weighted by atomic mass is 32.3. The Morgan fingerprint density at radius 2 is 1.76 bits per heavy atom. The van der Waals surface area contributed by atoms with Crippen molar-refractivity contribution in [1.82, 2.24) is 8.69 Å². The van der Waals surface area contributed by atoms with E-state index < -0.39 is 14.9 Å². The van der Waals surface area contributed by atoms with Gasteiger partial charge < -0.3 is 0 Å². The van der Waals surface area contributed by atoms with Crippen LogP contribution in [0.3, 0.4) is 0 Å². The minimum absolute atomic E-state index is 0.0235. The summed E-state index contributed by atoms with van der Waals surface area (Å²) < 4.78 is 29.3. The molecule has 1 aromatic heterocycles. The molecule has 1 heterocycles. The van der Waals surface area contributed by atoms with Crippen LogP contribution in [0.4, 0.5) is 5.69 Å².